The molecule has 1 aromatic rings. The van der Waals surface area contributed by atoms with Crippen LogP contribution in [0.25, 0.3) is 6.08 Å². The Bertz CT molecular complexity index is 471. The number of hydrogen-bond donors (Lipinski definition) is 0. The van der Waals surface area contributed by atoms with E-state index in [4.69, 9.17) is 5.26 Å². The molecular weight excluding hydrogens is 206 g/mol. The van der Waals surface area contributed by atoms with Crippen LogP contribution in [-0.2, 0) is 0 Å². The number of benzene rings is 1. The molecule has 1 nitrogen and oxygen atoms in total. The van der Waals surface area contributed by atoms with Gasteiger partial charge in [-0.05, 0) is 60.9 Å². The lowest BCUT2D eigenvalue weighted by molar-refractivity contribution is 0.444. The van der Waals surface area contributed by atoms with Crippen LogP contribution in [0.4, 0.5) is 0 Å². The normalized spacial score (nSPS) is 19.3. The van der Waals surface area contributed by atoms with Gasteiger partial charge in [-0.2, -0.15) is 5.26 Å². The maximum Gasteiger partial charge on any atom is 0.0991 e. The summed E-state index contributed by atoms with van der Waals surface area (Å²) >= 11 is 0. The SMILES string of the molecule is CC1CCC(=C=Cc2ccc(C#N)cc2)CC1. The van der Waals surface area contributed by atoms with Crippen molar-refractivity contribution >= 4 is 6.08 Å². The maximum atomic E-state index is 8.71. The zero-order chi connectivity index (χ0) is 12.1. The molecule has 0 amide bonds. The highest BCUT2D eigenvalue weighted by Crippen LogP contribution is 2.26. The van der Waals surface area contributed by atoms with Gasteiger partial charge in [0.1, 0.15) is 0 Å². The predicted octanol–water partition coefficient (Wildman–Crippen LogP) is 4.31. The van der Waals surface area contributed by atoms with Gasteiger partial charge in [-0.3, -0.25) is 0 Å². The van der Waals surface area contributed by atoms with E-state index in [1.54, 1.807) is 0 Å². The van der Waals surface area contributed by atoms with Crippen LogP contribution in [0.2, 0.25) is 0 Å². The van der Waals surface area contributed by atoms with Crippen molar-refractivity contribution in [2.45, 2.75) is 32.6 Å². The third kappa shape index (κ3) is 3.34. The first kappa shape index (κ1) is 11.7. The Morgan fingerprint density at radius 2 is 1.82 bits per heavy atom. The van der Waals surface area contributed by atoms with Gasteiger partial charge in [0.25, 0.3) is 0 Å². The Balaban J connectivity index is 2.09. The molecule has 0 aliphatic heterocycles. The average molecular weight is 223 g/mol. The minimum atomic E-state index is 0.710. The largest absolute Gasteiger partial charge is 0.192 e. The molecule has 0 spiro atoms. The molecule has 0 aromatic heterocycles. The highest BCUT2D eigenvalue weighted by Gasteiger charge is 2.11. The van der Waals surface area contributed by atoms with Gasteiger partial charge in [0, 0.05) is 0 Å². The van der Waals surface area contributed by atoms with Gasteiger partial charge in [-0.1, -0.05) is 19.1 Å². The van der Waals surface area contributed by atoms with Crippen LogP contribution in [-0.4, -0.2) is 0 Å². The number of nitriles is 1. The van der Waals surface area contributed by atoms with E-state index < -0.39 is 0 Å². The topological polar surface area (TPSA) is 23.8 Å². The van der Waals surface area contributed by atoms with E-state index in [2.05, 4.69) is 18.7 Å². The van der Waals surface area contributed by atoms with Gasteiger partial charge in [0.2, 0.25) is 0 Å². The zero-order valence-corrected chi connectivity index (χ0v) is 10.2. The van der Waals surface area contributed by atoms with Crippen LogP contribution < -0.4 is 0 Å². The van der Waals surface area contributed by atoms with Crippen LogP contribution in [0.1, 0.15) is 43.7 Å². The van der Waals surface area contributed by atoms with E-state index in [1.165, 1.54) is 31.3 Å². The Morgan fingerprint density at radius 3 is 2.41 bits per heavy atom. The molecule has 0 N–H and O–H groups in total. The number of allylic oxidation sites excluding steroid dienone is 1. The second-order valence-electron chi connectivity index (χ2n) is 4.81. The van der Waals surface area contributed by atoms with Crippen molar-refractivity contribution in [2.24, 2.45) is 5.92 Å². The lowest BCUT2D eigenvalue weighted by Crippen LogP contribution is -2.02. The van der Waals surface area contributed by atoms with Crippen molar-refractivity contribution in [3.8, 4) is 6.07 Å². The second kappa shape index (κ2) is 5.53. The highest BCUT2D eigenvalue weighted by molar-refractivity contribution is 5.51. The molecular formula is C16H17N. The highest BCUT2D eigenvalue weighted by atomic mass is 14.2. The molecule has 1 heteroatoms. The molecule has 0 atom stereocenters. The summed E-state index contributed by atoms with van der Waals surface area (Å²) in [6, 6.07) is 9.76. The van der Waals surface area contributed by atoms with Crippen molar-refractivity contribution in [3.05, 3.63) is 46.7 Å². The fourth-order valence-corrected chi connectivity index (χ4v) is 2.09. The van der Waals surface area contributed by atoms with Gasteiger partial charge in [0.15, 0.2) is 0 Å². The number of nitrogens with zero attached hydrogens (tertiary/aromatic N) is 1. The third-order valence-corrected chi connectivity index (χ3v) is 3.36. The van der Waals surface area contributed by atoms with Crippen LogP contribution >= 0.6 is 0 Å². The molecule has 0 unspecified atom stereocenters. The Morgan fingerprint density at radius 1 is 1.18 bits per heavy atom. The second-order valence-corrected chi connectivity index (χ2v) is 4.81. The van der Waals surface area contributed by atoms with E-state index >= 15 is 0 Å². The number of hydrogen-bond acceptors (Lipinski definition) is 1. The molecule has 1 fully saturated rings. The third-order valence-electron chi connectivity index (χ3n) is 3.36. The van der Waals surface area contributed by atoms with Crippen molar-refractivity contribution < 1.29 is 0 Å². The summed E-state index contributed by atoms with van der Waals surface area (Å²) in [5.74, 6) is 0.871. The van der Waals surface area contributed by atoms with Crippen LogP contribution in [0.15, 0.2) is 35.6 Å². The van der Waals surface area contributed by atoms with Gasteiger partial charge < -0.3 is 0 Å². The van der Waals surface area contributed by atoms with Gasteiger partial charge >= 0.3 is 0 Å². The summed E-state index contributed by atoms with van der Waals surface area (Å²) in [5, 5.41) is 8.71. The monoisotopic (exact) mass is 223 g/mol. The molecule has 2 rings (SSSR count). The smallest absolute Gasteiger partial charge is 0.0991 e. The molecule has 1 aromatic carbocycles. The Labute approximate surface area is 103 Å². The van der Waals surface area contributed by atoms with Crippen molar-refractivity contribution in [3.63, 3.8) is 0 Å². The molecule has 86 valence electrons. The first-order valence-corrected chi connectivity index (χ1v) is 6.22. The van der Waals surface area contributed by atoms with E-state index in [-0.39, 0.29) is 0 Å². The van der Waals surface area contributed by atoms with Gasteiger partial charge in [-0.25, -0.2) is 0 Å². The molecule has 1 aliphatic rings. The molecule has 0 saturated heterocycles. The quantitative estimate of drug-likeness (QED) is 0.651. The fraction of sp³-hybridized carbons (Fsp3) is 0.375. The Kier molecular flexibility index (Phi) is 3.81. The minimum absolute atomic E-state index is 0.710. The van der Waals surface area contributed by atoms with E-state index in [0.717, 1.165) is 11.5 Å². The van der Waals surface area contributed by atoms with Crippen LogP contribution in [0.3, 0.4) is 0 Å². The summed E-state index contributed by atoms with van der Waals surface area (Å²) in [6.07, 6.45) is 7.00. The van der Waals surface area contributed by atoms with Gasteiger partial charge in [-0.15, -0.1) is 5.73 Å². The average Bonchev–Trinajstić information content (AvgIpc) is 2.39. The lowest BCUT2D eigenvalue weighted by Gasteiger charge is -2.18. The van der Waals surface area contributed by atoms with E-state index in [1.807, 2.05) is 30.3 Å². The van der Waals surface area contributed by atoms with Crippen molar-refractivity contribution in [2.75, 3.05) is 0 Å². The fourth-order valence-electron chi connectivity index (χ4n) is 2.09. The van der Waals surface area contributed by atoms with Crippen LogP contribution in [0.5, 0.6) is 0 Å². The zero-order valence-electron chi connectivity index (χ0n) is 10.2. The lowest BCUT2D eigenvalue weighted by atomic mass is 9.87. The molecule has 0 heterocycles. The first-order valence-electron chi connectivity index (χ1n) is 6.22. The summed E-state index contributed by atoms with van der Waals surface area (Å²) in [6.45, 7) is 2.32. The summed E-state index contributed by atoms with van der Waals surface area (Å²) in [4.78, 5) is 0. The summed E-state index contributed by atoms with van der Waals surface area (Å²) in [5.41, 5.74) is 6.67. The molecule has 0 radical (unpaired) electrons. The van der Waals surface area contributed by atoms with Crippen LogP contribution in [0, 0.1) is 17.2 Å². The molecule has 0 bridgehead atoms. The summed E-state index contributed by atoms with van der Waals surface area (Å²) in [7, 11) is 0. The van der Waals surface area contributed by atoms with E-state index in [9.17, 15) is 0 Å². The number of rotatable bonds is 1. The minimum Gasteiger partial charge on any atom is -0.192 e. The molecule has 17 heavy (non-hydrogen) atoms. The first-order chi connectivity index (χ1) is 8.28. The molecule has 1 aliphatic carbocycles. The Hall–Kier alpha value is -1.77. The summed E-state index contributed by atoms with van der Waals surface area (Å²) < 4.78 is 0. The predicted molar refractivity (Wildman–Crippen MR) is 70.3 cm³/mol. The van der Waals surface area contributed by atoms with Crippen molar-refractivity contribution in [1.29, 1.82) is 5.26 Å². The maximum absolute atomic E-state index is 8.71. The van der Waals surface area contributed by atoms with E-state index in [0.29, 0.717) is 5.56 Å². The van der Waals surface area contributed by atoms with Crippen molar-refractivity contribution in [1.82, 2.24) is 0 Å². The molecule has 1 saturated carbocycles. The van der Waals surface area contributed by atoms with Gasteiger partial charge in [0.05, 0.1) is 11.6 Å². The standard InChI is InChI=1S/C16H17N/c1-13-2-4-14(5-3-13)6-7-15-8-10-16(12-17)11-9-15/h7-11,13H,2-5H2,1H3.